The van der Waals surface area contributed by atoms with E-state index in [0.29, 0.717) is 12.0 Å². The van der Waals surface area contributed by atoms with Gasteiger partial charge in [-0.2, -0.15) is 0 Å². The molecule has 0 radical (unpaired) electrons. The Morgan fingerprint density at radius 1 is 1.00 bits per heavy atom. The Morgan fingerprint density at radius 3 is 2.59 bits per heavy atom. The van der Waals surface area contributed by atoms with Gasteiger partial charge in [0, 0.05) is 42.3 Å². The molecule has 1 aliphatic heterocycles. The summed E-state index contributed by atoms with van der Waals surface area (Å²) in [6.45, 7) is 1.98. The summed E-state index contributed by atoms with van der Waals surface area (Å²) in [7, 11) is 1.67. The van der Waals surface area contributed by atoms with Gasteiger partial charge in [-0.1, -0.05) is 6.07 Å². The highest BCUT2D eigenvalue weighted by atomic mass is 19.1. The fourth-order valence-corrected chi connectivity index (χ4v) is 4.91. The number of aromatic nitrogens is 1. The van der Waals surface area contributed by atoms with Crippen LogP contribution in [0.5, 0.6) is 11.5 Å². The third kappa shape index (κ3) is 3.71. The maximum absolute atomic E-state index is 13.7. The number of nitrogens with zero attached hydrogens (tertiary/aromatic N) is 1. The molecule has 1 aliphatic carbocycles. The number of benzene rings is 2. The maximum atomic E-state index is 13.7. The van der Waals surface area contributed by atoms with Crippen LogP contribution in [0, 0.1) is 5.82 Å². The van der Waals surface area contributed by atoms with Gasteiger partial charge in [-0.05, 0) is 67.5 Å². The lowest BCUT2D eigenvalue weighted by atomic mass is 9.80. The monoisotopic (exact) mass is 394 g/mol. The summed E-state index contributed by atoms with van der Waals surface area (Å²) in [5.74, 6) is 2.07. The van der Waals surface area contributed by atoms with Crippen molar-refractivity contribution in [3.8, 4) is 11.5 Å². The third-order valence-corrected chi connectivity index (χ3v) is 6.55. The molecule has 0 spiro atoms. The molecule has 2 fully saturated rings. The van der Waals surface area contributed by atoms with E-state index in [9.17, 15) is 4.39 Å². The number of rotatable bonds is 5. The molecule has 29 heavy (non-hydrogen) atoms. The molecule has 152 valence electrons. The van der Waals surface area contributed by atoms with E-state index >= 15 is 0 Å². The van der Waals surface area contributed by atoms with Crippen molar-refractivity contribution in [1.29, 1.82) is 0 Å². The fraction of sp³-hybridized carbons (Fsp3) is 0.417. The number of fused-ring (bicyclic) bond motifs is 1. The Labute approximate surface area is 170 Å². The van der Waals surface area contributed by atoms with Crippen molar-refractivity contribution < 1.29 is 13.9 Å². The number of aromatic amines is 1. The first-order valence-electron chi connectivity index (χ1n) is 10.5. The van der Waals surface area contributed by atoms with Crippen molar-refractivity contribution in [2.45, 2.75) is 43.7 Å². The second-order valence-electron chi connectivity index (χ2n) is 8.31. The molecule has 1 saturated carbocycles. The molecule has 3 aromatic rings. The highest BCUT2D eigenvalue weighted by Crippen LogP contribution is 2.39. The van der Waals surface area contributed by atoms with Gasteiger partial charge in [0.1, 0.15) is 23.4 Å². The summed E-state index contributed by atoms with van der Waals surface area (Å²) in [4.78, 5) is 5.86. The van der Waals surface area contributed by atoms with Crippen LogP contribution in [-0.2, 0) is 0 Å². The van der Waals surface area contributed by atoms with E-state index in [1.54, 1.807) is 13.2 Å². The average Bonchev–Trinajstić information content (AvgIpc) is 3.14. The van der Waals surface area contributed by atoms with Crippen LogP contribution in [0.1, 0.15) is 37.2 Å². The molecule has 2 aliphatic rings. The van der Waals surface area contributed by atoms with Gasteiger partial charge in [0.15, 0.2) is 0 Å². The summed E-state index contributed by atoms with van der Waals surface area (Å²) in [6, 6.07) is 13.5. The van der Waals surface area contributed by atoms with Gasteiger partial charge in [-0.25, -0.2) is 4.39 Å². The number of hydrogen-bond donors (Lipinski definition) is 1. The predicted octanol–water partition coefficient (Wildman–Crippen LogP) is 5.11. The molecule has 1 aromatic heterocycles. The van der Waals surface area contributed by atoms with Crippen LogP contribution in [0.15, 0.2) is 48.7 Å². The van der Waals surface area contributed by atoms with Crippen molar-refractivity contribution in [3.63, 3.8) is 0 Å². The highest BCUT2D eigenvalue weighted by molar-refractivity contribution is 5.83. The standard InChI is InChI=1S/C24H27FN2O2/c1-28-19-3-2-4-20(12-19)29-21-14-27(15-21)18-8-5-16(6-9-18)23-13-26-24-10-7-17(25)11-22(23)24/h2-4,7,10-13,16,18,21,26H,5-6,8-9,14-15H2,1H3/t16-,18+. The molecule has 0 atom stereocenters. The fourth-order valence-electron chi connectivity index (χ4n) is 4.91. The quantitative estimate of drug-likeness (QED) is 0.654. The largest absolute Gasteiger partial charge is 0.497 e. The highest BCUT2D eigenvalue weighted by Gasteiger charge is 2.36. The number of nitrogens with one attached hydrogen (secondary N) is 1. The first-order valence-corrected chi connectivity index (χ1v) is 10.5. The van der Waals surface area contributed by atoms with Crippen LogP contribution in [0.4, 0.5) is 4.39 Å². The molecule has 5 rings (SSSR count). The normalized spacial score (nSPS) is 23.1. The van der Waals surface area contributed by atoms with Crippen molar-refractivity contribution >= 4 is 10.9 Å². The Kier molecular flexibility index (Phi) is 4.92. The molecule has 4 nitrogen and oxygen atoms in total. The number of halogens is 1. The van der Waals surface area contributed by atoms with Gasteiger partial charge < -0.3 is 14.5 Å². The van der Waals surface area contributed by atoms with Crippen LogP contribution >= 0.6 is 0 Å². The average molecular weight is 394 g/mol. The summed E-state index contributed by atoms with van der Waals surface area (Å²) in [5.41, 5.74) is 2.31. The van der Waals surface area contributed by atoms with Crippen LogP contribution in [0.3, 0.4) is 0 Å². The minimum absolute atomic E-state index is 0.158. The van der Waals surface area contributed by atoms with E-state index in [2.05, 4.69) is 16.1 Å². The number of hydrogen-bond acceptors (Lipinski definition) is 3. The Hall–Kier alpha value is -2.53. The lowest BCUT2D eigenvalue weighted by Crippen LogP contribution is -2.58. The summed E-state index contributed by atoms with van der Waals surface area (Å²) < 4.78 is 25.0. The minimum Gasteiger partial charge on any atom is -0.497 e. The summed E-state index contributed by atoms with van der Waals surface area (Å²) in [5, 5.41) is 1.05. The number of likely N-dealkylation sites (tertiary alicyclic amines) is 1. The summed E-state index contributed by atoms with van der Waals surface area (Å²) in [6.07, 6.45) is 7.04. The summed E-state index contributed by atoms with van der Waals surface area (Å²) >= 11 is 0. The molecule has 1 saturated heterocycles. The maximum Gasteiger partial charge on any atom is 0.124 e. The van der Waals surface area contributed by atoms with Gasteiger partial charge >= 0.3 is 0 Å². The number of ether oxygens (including phenoxy) is 2. The second-order valence-corrected chi connectivity index (χ2v) is 8.31. The molecule has 2 aromatic carbocycles. The third-order valence-electron chi connectivity index (χ3n) is 6.55. The zero-order chi connectivity index (χ0) is 19.8. The molecule has 2 heterocycles. The molecule has 5 heteroatoms. The van der Waals surface area contributed by atoms with E-state index in [1.165, 1.54) is 24.5 Å². The smallest absolute Gasteiger partial charge is 0.124 e. The van der Waals surface area contributed by atoms with Crippen LogP contribution < -0.4 is 9.47 Å². The molecule has 0 amide bonds. The van der Waals surface area contributed by atoms with Gasteiger partial charge in [0.25, 0.3) is 0 Å². The molecule has 0 unspecified atom stereocenters. The van der Waals surface area contributed by atoms with Crippen molar-refractivity contribution in [2.75, 3.05) is 20.2 Å². The Morgan fingerprint density at radius 2 is 1.79 bits per heavy atom. The first-order chi connectivity index (χ1) is 14.2. The lowest BCUT2D eigenvalue weighted by molar-refractivity contribution is -0.0202. The molecular weight excluding hydrogens is 367 g/mol. The lowest BCUT2D eigenvalue weighted by Gasteiger charge is -2.46. The van der Waals surface area contributed by atoms with Crippen molar-refractivity contribution in [2.24, 2.45) is 0 Å². The van der Waals surface area contributed by atoms with Gasteiger partial charge in [-0.15, -0.1) is 0 Å². The topological polar surface area (TPSA) is 37.5 Å². The first kappa shape index (κ1) is 18.5. The number of methoxy groups -OCH3 is 1. The zero-order valence-corrected chi connectivity index (χ0v) is 16.7. The minimum atomic E-state index is -0.158. The van der Waals surface area contributed by atoms with Crippen LogP contribution in [-0.4, -0.2) is 42.2 Å². The molecular formula is C24H27FN2O2. The van der Waals surface area contributed by atoms with Crippen molar-refractivity contribution in [1.82, 2.24) is 9.88 Å². The predicted molar refractivity (Wildman–Crippen MR) is 112 cm³/mol. The molecule has 1 N–H and O–H groups in total. The van der Waals surface area contributed by atoms with E-state index in [-0.39, 0.29) is 11.9 Å². The van der Waals surface area contributed by atoms with E-state index < -0.39 is 0 Å². The van der Waals surface area contributed by atoms with Gasteiger partial charge in [0.05, 0.1) is 7.11 Å². The van der Waals surface area contributed by atoms with Gasteiger partial charge in [-0.3, -0.25) is 4.90 Å². The SMILES string of the molecule is COc1cccc(OC2CN([C@H]3CC[C@@H](c4c[nH]c5ccc(F)cc54)CC3)C2)c1. The van der Waals surface area contributed by atoms with E-state index in [0.717, 1.165) is 48.3 Å². The second kappa shape index (κ2) is 7.71. The van der Waals surface area contributed by atoms with Crippen LogP contribution in [0.2, 0.25) is 0 Å². The zero-order valence-electron chi connectivity index (χ0n) is 16.7. The Bertz CT molecular complexity index is 987. The van der Waals surface area contributed by atoms with Crippen molar-refractivity contribution in [3.05, 3.63) is 60.0 Å². The van der Waals surface area contributed by atoms with Crippen LogP contribution in [0.25, 0.3) is 10.9 Å². The Balaban J connectivity index is 1.14. The number of H-pyrrole nitrogens is 1. The van der Waals surface area contributed by atoms with E-state index in [4.69, 9.17) is 9.47 Å². The molecule has 0 bridgehead atoms. The van der Waals surface area contributed by atoms with E-state index in [1.807, 2.05) is 30.3 Å². The van der Waals surface area contributed by atoms with Gasteiger partial charge in [0.2, 0.25) is 0 Å².